The summed E-state index contributed by atoms with van der Waals surface area (Å²) >= 11 is 1.81. The lowest BCUT2D eigenvalue weighted by molar-refractivity contribution is 0.388. The third kappa shape index (κ3) is 3.45. The molecule has 1 N–H and O–H groups in total. The maximum atomic E-state index is 5.62. The average molecular weight is 249 g/mol. The molecule has 2 atom stereocenters. The molecule has 0 aliphatic heterocycles. The van der Waals surface area contributed by atoms with E-state index in [1.807, 2.05) is 30.4 Å². The van der Waals surface area contributed by atoms with Crippen LogP contribution in [0.5, 0.6) is 0 Å². The maximum Gasteiger partial charge on any atom is 0.120 e. The molecule has 2 heterocycles. The summed E-state index contributed by atoms with van der Waals surface area (Å²) in [7, 11) is 0. The first-order chi connectivity index (χ1) is 8.15. The van der Waals surface area contributed by atoms with Crippen LogP contribution < -0.4 is 5.32 Å². The fourth-order valence-corrected chi connectivity index (χ4v) is 2.82. The molecule has 2 aromatic rings. The van der Waals surface area contributed by atoms with Gasteiger partial charge in [0.25, 0.3) is 0 Å². The molecule has 0 spiro atoms. The normalized spacial score (nSPS) is 14.8. The molecule has 0 fully saturated rings. The van der Waals surface area contributed by atoms with Crippen molar-refractivity contribution in [3.05, 3.63) is 46.0 Å². The average Bonchev–Trinajstić information content (AvgIpc) is 2.89. The van der Waals surface area contributed by atoms with Gasteiger partial charge in [-0.2, -0.15) is 0 Å². The van der Waals surface area contributed by atoms with Crippen LogP contribution in [0.1, 0.15) is 36.3 Å². The Kier molecular flexibility index (Phi) is 4.02. The third-order valence-electron chi connectivity index (χ3n) is 2.81. The van der Waals surface area contributed by atoms with E-state index < -0.39 is 0 Å². The summed E-state index contributed by atoms with van der Waals surface area (Å²) in [6.45, 7) is 6.33. The van der Waals surface area contributed by atoms with Crippen LogP contribution in [0, 0.1) is 6.92 Å². The predicted octanol–water partition coefficient (Wildman–Crippen LogP) is 3.93. The van der Waals surface area contributed by atoms with E-state index >= 15 is 0 Å². The van der Waals surface area contributed by atoms with Gasteiger partial charge in [0.1, 0.15) is 11.5 Å². The van der Waals surface area contributed by atoms with Crippen molar-refractivity contribution in [2.24, 2.45) is 0 Å². The van der Waals surface area contributed by atoms with Gasteiger partial charge in [0, 0.05) is 10.9 Å². The number of furan rings is 1. The standard InChI is InChI=1S/C14H19NOS/c1-10(9-13-5-4-8-17-13)15-12(3)14-7-6-11(2)16-14/h4-8,10,12,15H,9H2,1-3H3. The second-order valence-electron chi connectivity index (χ2n) is 4.52. The minimum absolute atomic E-state index is 0.263. The quantitative estimate of drug-likeness (QED) is 0.868. The molecule has 0 aliphatic carbocycles. The van der Waals surface area contributed by atoms with E-state index in [4.69, 9.17) is 4.42 Å². The summed E-state index contributed by atoms with van der Waals surface area (Å²) < 4.78 is 5.62. The van der Waals surface area contributed by atoms with Gasteiger partial charge in [-0.3, -0.25) is 0 Å². The number of hydrogen-bond donors (Lipinski definition) is 1. The molecule has 2 unspecified atom stereocenters. The molecule has 0 aromatic carbocycles. The zero-order chi connectivity index (χ0) is 12.3. The van der Waals surface area contributed by atoms with E-state index in [-0.39, 0.29) is 6.04 Å². The molecule has 0 saturated heterocycles. The molecular weight excluding hydrogens is 230 g/mol. The van der Waals surface area contributed by atoms with Crippen LogP contribution in [0.15, 0.2) is 34.1 Å². The molecule has 0 radical (unpaired) electrons. The van der Waals surface area contributed by atoms with Gasteiger partial charge in [0.05, 0.1) is 6.04 Å². The molecule has 0 aliphatic rings. The van der Waals surface area contributed by atoms with Crippen LogP contribution in [0.3, 0.4) is 0 Å². The minimum Gasteiger partial charge on any atom is -0.465 e. The highest BCUT2D eigenvalue weighted by Gasteiger charge is 2.13. The van der Waals surface area contributed by atoms with Crippen LogP contribution in [0.25, 0.3) is 0 Å². The van der Waals surface area contributed by atoms with E-state index in [0.29, 0.717) is 6.04 Å². The lowest BCUT2D eigenvalue weighted by Gasteiger charge is -2.17. The number of nitrogens with one attached hydrogen (secondary N) is 1. The zero-order valence-corrected chi connectivity index (χ0v) is 11.4. The minimum atomic E-state index is 0.263. The van der Waals surface area contributed by atoms with Crippen LogP contribution in [-0.4, -0.2) is 6.04 Å². The number of rotatable bonds is 5. The van der Waals surface area contributed by atoms with Gasteiger partial charge >= 0.3 is 0 Å². The highest BCUT2D eigenvalue weighted by atomic mass is 32.1. The summed E-state index contributed by atoms with van der Waals surface area (Å²) in [5.41, 5.74) is 0. The lowest BCUT2D eigenvalue weighted by Crippen LogP contribution is -2.30. The molecule has 0 amide bonds. The van der Waals surface area contributed by atoms with Gasteiger partial charge in [-0.1, -0.05) is 6.07 Å². The smallest absolute Gasteiger partial charge is 0.120 e. The van der Waals surface area contributed by atoms with Crippen molar-refractivity contribution in [2.75, 3.05) is 0 Å². The first kappa shape index (κ1) is 12.4. The molecule has 3 heteroatoms. The molecule has 0 saturated carbocycles. The fraction of sp³-hybridized carbons (Fsp3) is 0.429. The Morgan fingerprint density at radius 2 is 2.12 bits per heavy atom. The van der Waals surface area contributed by atoms with E-state index in [9.17, 15) is 0 Å². The molecule has 2 aromatic heterocycles. The van der Waals surface area contributed by atoms with Gasteiger partial charge < -0.3 is 9.73 Å². The third-order valence-corrected chi connectivity index (χ3v) is 3.71. The first-order valence-corrected chi connectivity index (χ1v) is 6.88. The zero-order valence-electron chi connectivity index (χ0n) is 10.6. The van der Waals surface area contributed by atoms with Gasteiger partial charge in [-0.05, 0) is 50.8 Å². The summed E-state index contributed by atoms with van der Waals surface area (Å²) in [5.74, 6) is 1.99. The number of hydrogen-bond acceptors (Lipinski definition) is 3. The van der Waals surface area contributed by atoms with Crippen molar-refractivity contribution < 1.29 is 4.42 Å². The van der Waals surface area contributed by atoms with Crippen molar-refractivity contribution in [1.29, 1.82) is 0 Å². The summed E-state index contributed by atoms with van der Waals surface area (Å²) in [5, 5.41) is 5.69. The summed E-state index contributed by atoms with van der Waals surface area (Å²) in [6.07, 6.45) is 1.07. The number of aryl methyl sites for hydroxylation is 1. The Morgan fingerprint density at radius 1 is 1.29 bits per heavy atom. The van der Waals surface area contributed by atoms with Crippen molar-refractivity contribution in [2.45, 2.75) is 39.3 Å². The van der Waals surface area contributed by atoms with E-state index in [2.05, 4.69) is 36.7 Å². The largest absolute Gasteiger partial charge is 0.465 e. The van der Waals surface area contributed by atoms with Gasteiger partial charge in [0.2, 0.25) is 0 Å². The van der Waals surface area contributed by atoms with Gasteiger partial charge in [-0.25, -0.2) is 0 Å². The maximum absolute atomic E-state index is 5.62. The van der Waals surface area contributed by atoms with Gasteiger partial charge in [0.15, 0.2) is 0 Å². The fourth-order valence-electron chi connectivity index (χ4n) is 1.98. The van der Waals surface area contributed by atoms with Crippen molar-refractivity contribution in [3.8, 4) is 0 Å². The Bertz CT molecular complexity index is 446. The second-order valence-corrected chi connectivity index (χ2v) is 5.55. The van der Waals surface area contributed by atoms with Crippen LogP contribution in [-0.2, 0) is 6.42 Å². The highest BCUT2D eigenvalue weighted by Crippen LogP contribution is 2.17. The monoisotopic (exact) mass is 249 g/mol. The molecule has 2 rings (SSSR count). The van der Waals surface area contributed by atoms with E-state index in [1.165, 1.54) is 4.88 Å². The SMILES string of the molecule is Cc1ccc(C(C)NC(C)Cc2cccs2)o1. The highest BCUT2D eigenvalue weighted by molar-refractivity contribution is 7.09. The molecule has 92 valence electrons. The van der Waals surface area contributed by atoms with Crippen LogP contribution >= 0.6 is 11.3 Å². The Labute approximate surface area is 107 Å². The van der Waals surface area contributed by atoms with Crippen molar-refractivity contribution in [1.82, 2.24) is 5.32 Å². The van der Waals surface area contributed by atoms with E-state index in [1.54, 1.807) is 0 Å². The second kappa shape index (κ2) is 5.52. The predicted molar refractivity (Wildman–Crippen MR) is 72.5 cm³/mol. The van der Waals surface area contributed by atoms with Crippen molar-refractivity contribution in [3.63, 3.8) is 0 Å². The molecular formula is C14H19NOS. The molecule has 0 bridgehead atoms. The van der Waals surface area contributed by atoms with E-state index in [0.717, 1.165) is 17.9 Å². The molecule has 2 nitrogen and oxygen atoms in total. The Hall–Kier alpha value is -1.06. The van der Waals surface area contributed by atoms with Gasteiger partial charge in [-0.15, -0.1) is 11.3 Å². The Balaban J connectivity index is 1.88. The molecule has 17 heavy (non-hydrogen) atoms. The summed E-state index contributed by atoms with van der Waals surface area (Å²) in [4.78, 5) is 1.42. The first-order valence-electron chi connectivity index (χ1n) is 6.00. The number of thiophene rings is 1. The summed E-state index contributed by atoms with van der Waals surface area (Å²) in [6, 6.07) is 9.06. The Morgan fingerprint density at radius 3 is 2.71 bits per heavy atom. The van der Waals surface area contributed by atoms with Crippen LogP contribution in [0.4, 0.5) is 0 Å². The lowest BCUT2D eigenvalue weighted by atomic mass is 10.1. The van der Waals surface area contributed by atoms with Crippen LogP contribution in [0.2, 0.25) is 0 Å². The topological polar surface area (TPSA) is 25.2 Å². The van der Waals surface area contributed by atoms with Crippen molar-refractivity contribution >= 4 is 11.3 Å².